The minimum absolute atomic E-state index is 0.172. The molecule has 0 saturated carbocycles. The highest BCUT2D eigenvalue weighted by Crippen LogP contribution is 2.19. The Morgan fingerprint density at radius 2 is 1.81 bits per heavy atom. The molecule has 0 saturated heterocycles. The van der Waals surface area contributed by atoms with E-state index in [1.165, 1.54) is 0 Å². The number of nitrogens with one attached hydrogen (secondary N) is 1. The summed E-state index contributed by atoms with van der Waals surface area (Å²) >= 11 is 9.18. The number of halogens is 2. The van der Waals surface area contributed by atoms with Gasteiger partial charge in [0.15, 0.2) is 6.10 Å². The molecule has 2 rings (SSSR count). The zero-order valence-electron chi connectivity index (χ0n) is 11.5. The van der Waals surface area contributed by atoms with E-state index in [0.717, 1.165) is 10.2 Å². The third kappa shape index (κ3) is 4.76. The molecule has 2 aromatic carbocycles. The molecule has 2 aromatic rings. The Morgan fingerprint density at radius 3 is 2.38 bits per heavy atom. The molecule has 0 bridgehead atoms. The van der Waals surface area contributed by atoms with Gasteiger partial charge in [-0.2, -0.15) is 0 Å². The monoisotopic (exact) mass is 367 g/mol. The van der Waals surface area contributed by atoms with Gasteiger partial charge in [0, 0.05) is 15.2 Å². The topological polar surface area (TPSA) is 38.3 Å². The lowest BCUT2D eigenvalue weighted by atomic mass is 10.2. The molecule has 5 heteroatoms. The first kappa shape index (κ1) is 15.9. The molecular formula is C16H15BrClNO2. The summed E-state index contributed by atoms with van der Waals surface area (Å²) in [4.78, 5) is 12.2. The SMILES string of the molecule is CC[C@@H](Oc1ccc(Cl)cc1)C(=O)Nc1ccc(Br)cc1. The molecule has 0 aliphatic carbocycles. The van der Waals surface area contributed by atoms with Crippen molar-refractivity contribution >= 4 is 39.1 Å². The Bertz CT molecular complexity index is 599. The fraction of sp³-hybridized carbons (Fsp3) is 0.188. The quantitative estimate of drug-likeness (QED) is 0.815. The molecule has 1 amide bonds. The molecule has 0 fully saturated rings. The summed E-state index contributed by atoms with van der Waals surface area (Å²) in [6, 6.07) is 14.4. The van der Waals surface area contributed by atoms with Gasteiger partial charge in [-0.05, 0) is 55.0 Å². The Kier molecular flexibility index (Phi) is 5.65. The summed E-state index contributed by atoms with van der Waals surface area (Å²) < 4.78 is 6.66. The number of rotatable bonds is 5. The van der Waals surface area contributed by atoms with Crippen LogP contribution in [-0.2, 0) is 4.79 Å². The van der Waals surface area contributed by atoms with Gasteiger partial charge in [0.25, 0.3) is 5.91 Å². The van der Waals surface area contributed by atoms with E-state index in [1.807, 2.05) is 31.2 Å². The van der Waals surface area contributed by atoms with Gasteiger partial charge in [-0.1, -0.05) is 34.5 Å². The number of benzene rings is 2. The normalized spacial score (nSPS) is 11.8. The van der Waals surface area contributed by atoms with E-state index < -0.39 is 6.10 Å². The van der Waals surface area contributed by atoms with Crippen LogP contribution in [0, 0.1) is 0 Å². The standard InChI is InChI=1S/C16H15BrClNO2/c1-2-15(21-14-9-5-12(18)6-10-14)16(20)19-13-7-3-11(17)4-8-13/h3-10,15H,2H2,1H3,(H,19,20)/t15-/m1/s1. The molecular weight excluding hydrogens is 354 g/mol. The number of hydrogen-bond donors (Lipinski definition) is 1. The van der Waals surface area contributed by atoms with Crippen molar-refractivity contribution in [3.05, 3.63) is 58.0 Å². The molecule has 110 valence electrons. The zero-order valence-corrected chi connectivity index (χ0v) is 13.8. The zero-order chi connectivity index (χ0) is 15.2. The number of amides is 1. The highest BCUT2D eigenvalue weighted by molar-refractivity contribution is 9.10. The van der Waals surface area contributed by atoms with Crippen molar-refractivity contribution in [2.24, 2.45) is 0 Å². The van der Waals surface area contributed by atoms with Gasteiger partial charge in [-0.3, -0.25) is 4.79 Å². The molecule has 0 aliphatic heterocycles. The first-order valence-electron chi connectivity index (χ1n) is 6.57. The van der Waals surface area contributed by atoms with Crippen molar-refractivity contribution in [2.45, 2.75) is 19.4 Å². The summed E-state index contributed by atoms with van der Waals surface area (Å²) in [6.45, 7) is 1.90. The summed E-state index contributed by atoms with van der Waals surface area (Å²) in [5.74, 6) is 0.451. The van der Waals surface area contributed by atoms with Gasteiger partial charge >= 0.3 is 0 Å². The van der Waals surface area contributed by atoms with Gasteiger partial charge in [0.1, 0.15) is 5.75 Å². The summed E-state index contributed by atoms with van der Waals surface area (Å²) in [5.41, 5.74) is 0.737. The smallest absolute Gasteiger partial charge is 0.265 e. The largest absolute Gasteiger partial charge is 0.481 e. The molecule has 0 spiro atoms. The number of anilines is 1. The molecule has 1 N–H and O–H groups in total. The lowest BCUT2D eigenvalue weighted by Crippen LogP contribution is -2.32. The number of hydrogen-bond acceptors (Lipinski definition) is 2. The van der Waals surface area contributed by atoms with Crippen molar-refractivity contribution in [1.82, 2.24) is 0 Å². The first-order valence-corrected chi connectivity index (χ1v) is 7.74. The molecule has 0 aromatic heterocycles. The molecule has 0 radical (unpaired) electrons. The van der Waals surface area contributed by atoms with Crippen LogP contribution in [0.2, 0.25) is 5.02 Å². The van der Waals surface area contributed by atoms with E-state index >= 15 is 0 Å². The van der Waals surface area contributed by atoms with Gasteiger partial charge in [-0.25, -0.2) is 0 Å². The third-order valence-electron chi connectivity index (χ3n) is 2.87. The lowest BCUT2D eigenvalue weighted by molar-refractivity contribution is -0.122. The molecule has 0 unspecified atom stereocenters. The van der Waals surface area contributed by atoms with Crippen LogP contribution in [0.5, 0.6) is 5.75 Å². The van der Waals surface area contributed by atoms with Crippen LogP contribution in [0.15, 0.2) is 53.0 Å². The van der Waals surface area contributed by atoms with Gasteiger partial charge in [0.05, 0.1) is 0 Å². The second-order valence-electron chi connectivity index (χ2n) is 4.46. The first-order chi connectivity index (χ1) is 10.1. The highest BCUT2D eigenvalue weighted by Gasteiger charge is 2.18. The lowest BCUT2D eigenvalue weighted by Gasteiger charge is -2.17. The van der Waals surface area contributed by atoms with Gasteiger partial charge in [-0.15, -0.1) is 0 Å². The van der Waals surface area contributed by atoms with Crippen LogP contribution in [0.4, 0.5) is 5.69 Å². The minimum atomic E-state index is -0.546. The van der Waals surface area contributed by atoms with Gasteiger partial charge in [0.2, 0.25) is 0 Å². The van der Waals surface area contributed by atoms with Crippen LogP contribution in [0.3, 0.4) is 0 Å². The molecule has 1 atom stereocenters. The minimum Gasteiger partial charge on any atom is -0.481 e. The van der Waals surface area contributed by atoms with Crippen molar-refractivity contribution < 1.29 is 9.53 Å². The van der Waals surface area contributed by atoms with Crippen molar-refractivity contribution in [1.29, 1.82) is 0 Å². The van der Waals surface area contributed by atoms with Crippen molar-refractivity contribution in [2.75, 3.05) is 5.32 Å². The maximum atomic E-state index is 12.2. The second-order valence-corrected chi connectivity index (χ2v) is 5.82. The van der Waals surface area contributed by atoms with Crippen LogP contribution in [0.25, 0.3) is 0 Å². The van der Waals surface area contributed by atoms with E-state index in [-0.39, 0.29) is 5.91 Å². The van der Waals surface area contributed by atoms with Crippen molar-refractivity contribution in [3.8, 4) is 5.75 Å². The van der Waals surface area contributed by atoms with Crippen LogP contribution in [-0.4, -0.2) is 12.0 Å². The van der Waals surface area contributed by atoms with E-state index in [9.17, 15) is 4.79 Å². The second kappa shape index (κ2) is 7.48. The Balaban J connectivity index is 2.01. The van der Waals surface area contributed by atoms with Crippen molar-refractivity contribution in [3.63, 3.8) is 0 Å². The highest BCUT2D eigenvalue weighted by atomic mass is 79.9. The van der Waals surface area contributed by atoms with E-state index in [4.69, 9.17) is 16.3 Å². The Labute approximate surface area is 137 Å². The molecule has 0 aliphatic rings. The number of carbonyl (C=O) groups is 1. The maximum absolute atomic E-state index is 12.2. The number of ether oxygens (including phenoxy) is 1. The maximum Gasteiger partial charge on any atom is 0.265 e. The summed E-state index contributed by atoms with van der Waals surface area (Å²) in [6.07, 6.45) is 0.0279. The number of carbonyl (C=O) groups excluding carboxylic acids is 1. The average Bonchev–Trinajstić information content (AvgIpc) is 2.49. The third-order valence-corrected chi connectivity index (χ3v) is 3.65. The van der Waals surface area contributed by atoms with Crippen LogP contribution in [0.1, 0.15) is 13.3 Å². The van der Waals surface area contributed by atoms with E-state index in [0.29, 0.717) is 17.2 Å². The summed E-state index contributed by atoms with van der Waals surface area (Å²) in [5, 5.41) is 3.47. The summed E-state index contributed by atoms with van der Waals surface area (Å²) in [7, 11) is 0. The Morgan fingerprint density at radius 1 is 1.19 bits per heavy atom. The Hall–Kier alpha value is -1.52. The van der Waals surface area contributed by atoms with E-state index in [1.54, 1.807) is 24.3 Å². The van der Waals surface area contributed by atoms with E-state index in [2.05, 4.69) is 21.2 Å². The molecule has 21 heavy (non-hydrogen) atoms. The fourth-order valence-electron chi connectivity index (χ4n) is 1.76. The van der Waals surface area contributed by atoms with Gasteiger partial charge < -0.3 is 10.1 Å². The molecule has 3 nitrogen and oxygen atoms in total. The predicted molar refractivity (Wildman–Crippen MR) is 88.9 cm³/mol. The van der Waals surface area contributed by atoms with Crippen LogP contribution >= 0.6 is 27.5 Å². The molecule has 0 heterocycles. The van der Waals surface area contributed by atoms with Crippen LogP contribution < -0.4 is 10.1 Å². The predicted octanol–water partition coefficient (Wildman–Crippen LogP) is 4.90. The fourth-order valence-corrected chi connectivity index (χ4v) is 2.15. The average molecular weight is 369 g/mol.